The SMILES string of the molecule is Cc1cc(I)ccc1NC(=O)c1ccc2c(c1)C(=O)N(c1ccc(I)cc1C)C2=O. The maximum absolute atomic E-state index is 13.0. The smallest absolute Gasteiger partial charge is 0.266 e. The van der Waals surface area contributed by atoms with Gasteiger partial charge in [0.25, 0.3) is 17.7 Å². The predicted molar refractivity (Wildman–Crippen MR) is 133 cm³/mol. The fourth-order valence-corrected chi connectivity index (χ4v) is 4.73. The zero-order chi connectivity index (χ0) is 21.6. The molecular formula is C23H16I2N2O3. The Morgan fingerprint density at radius 3 is 2.10 bits per heavy atom. The Morgan fingerprint density at radius 1 is 0.800 bits per heavy atom. The number of carbonyl (C=O) groups is 3. The molecule has 150 valence electrons. The lowest BCUT2D eigenvalue weighted by molar-refractivity contribution is 0.0925. The first kappa shape index (κ1) is 21.0. The first-order valence-corrected chi connectivity index (χ1v) is 11.3. The largest absolute Gasteiger partial charge is 0.322 e. The van der Waals surface area contributed by atoms with Gasteiger partial charge in [-0.25, -0.2) is 4.90 Å². The monoisotopic (exact) mass is 622 g/mol. The number of hydrogen-bond acceptors (Lipinski definition) is 3. The summed E-state index contributed by atoms with van der Waals surface area (Å²) in [6.45, 7) is 3.78. The van der Waals surface area contributed by atoms with E-state index in [1.54, 1.807) is 18.2 Å². The van der Waals surface area contributed by atoms with Gasteiger partial charge in [-0.3, -0.25) is 14.4 Å². The maximum Gasteiger partial charge on any atom is 0.266 e. The van der Waals surface area contributed by atoms with Crippen LogP contribution >= 0.6 is 45.2 Å². The first-order chi connectivity index (χ1) is 14.3. The highest BCUT2D eigenvalue weighted by Gasteiger charge is 2.37. The molecule has 30 heavy (non-hydrogen) atoms. The van der Waals surface area contributed by atoms with Crippen LogP contribution in [0.25, 0.3) is 0 Å². The minimum Gasteiger partial charge on any atom is -0.322 e. The molecule has 0 atom stereocenters. The summed E-state index contributed by atoms with van der Waals surface area (Å²) in [6.07, 6.45) is 0. The molecule has 3 amide bonds. The van der Waals surface area contributed by atoms with Crippen molar-refractivity contribution >= 4 is 74.3 Å². The summed E-state index contributed by atoms with van der Waals surface area (Å²) >= 11 is 4.40. The molecular weight excluding hydrogens is 606 g/mol. The molecule has 3 aromatic rings. The van der Waals surface area contributed by atoms with Crippen molar-refractivity contribution < 1.29 is 14.4 Å². The number of amides is 3. The van der Waals surface area contributed by atoms with Gasteiger partial charge in [-0.05, 0) is 125 Å². The second-order valence-electron chi connectivity index (χ2n) is 7.05. The summed E-state index contributed by atoms with van der Waals surface area (Å²) in [4.78, 5) is 39.9. The van der Waals surface area contributed by atoms with E-state index in [0.717, 1.165) is 18.3 Å². The minimum atomic E-state index is -0.417. The zero-order valence-electron chi connectivity index (χ0n) is 16.1. The number of benzene rings is 3. The number of hydrogen-bond donors (Lipinski definition) is 1. The van der Waals surface area contributed by atoms with Crippen molar-refractivity contribution in [2.45, 2.75) is 13.8 Å². The number of carbonyl (C=O) groups excluding carboxylic acids is 3. The van der Waals surface area contributed by atoms with Crippen LogP contribution in [0.3, 0.4) is 0 Å². The van der Waals surface area contributed by atoms with Crippen molar-refractivity contribution in [1.82, 2.24) is 0 Å². The van der Waals surface area contributed by atoms with Crippen LogP contribution in [0.15, 0.2) is 54.6 Å². The third-order valence-corrected chi connectivity index (χ3v) is 6.33. The third kappa shape index (κ3) is 3.76. The molecule has 1 N–H and O–H groups in total. The van der Waals surface area contributed by atoms with E-state index in [4.69, 9.17) is 0 Å². The molecule has 0 bridgehead atoms. The van der Waals surface area contributed by atoms with E-state index < -0.39 is 5.91 Å². The molecule has 0 spiro atoms. The fraction of sp³-hybridized carbons (Fsp3) is 0.0870. The second-order valence-corrected chi connectivity index (χ2v) is 9.54. The number of nitrogens with zero attached hydrogens (tertiary/aromatic N) is 1. The summed E-state index contributed by atoms with van der Waals surface area (Å²) in [5, 5.41) is 2.88. The highest BCUT2D eigenvalue weighted by Crippen LogP contribution is 2.32. The van der Waals surface area contributed by atoms with Gasteiger partial charge in [0.1, 0.15) is 0 Å². The molecule has 0 saturated carbocycles. The first-order valence-electron chi connectivity index (χ1n) is 9.13. The summed E-state index contributed by atoms with van der Waals surface area (Å²) in [5.41, 5.74) is 3.92. The van der Waals surface area contributed by atoms with E-state index in [9.17, 15) is 14.4 Å². The van der Waals surface area contributed by atoms with Gasteiger partial charge in [-0.1, -0.05) is 0 Å². The molecule has 1 aliphatic rings. The van der Waals surface area contributed by atoms with Gasteiger partial charge in [0.15, 0.2) is 0 Å². The quantitative estimate of drug-likeness (QED) is 0.307. The molecule has 1 aliphatic heterocycles. The fourth-order valence-electron chi connectivity index (χ4n) is 3.43. The number of nitrogens with one attached hydrogen (secondary N) is 1. The Labute approximate surface area is 201 Å². The van der Waals surface area contributed by atoms with Gasteiger partial charge in [0.2, 0.25) is 0 Å². The van der Waals surface area contributed by atoms with Gasteiger partial charge in [-0.2, -0.15) is 0 Å². The van der Waals surface area contributed by atoms with Crippen LogP contribution in [-0.4, -0.2) is 17.7 Å². The van der Waals surface area contributed by atoms with E-state index in [0.29, 0.717) is 22.5 Å². The second kappa shape index (κ2) is 8.10. The van der Waals surface area contributed by atoms with E-state index in [1.165, 1.54) is 11.0 Å². The Hall–Kier alpha value is -2.27. The summed E-state index contributed by atoms with van der Waals surface area (Å²) in [6, 6.07) is 15.9. The number of anilines is 2. The molecule has 0 radical (unpaired) electrons. The Morgan fingerprint density at radius 2 is 1.43 bits per heavy atom. The lowest BCUT2D eigenvalue weighted by atomic mass is 10.0. The predicted octanol–water partition coefficient (Wildman–Crippen LogP) is 5.57. The van der Waals surface area contributed by atoms with Gasteiger partial charge < -0.3 is 5.32 Å². The number of imide groups is 1. The van der Waals surface area contributed by atoms with Gasteiger partial charge >= 0.3 is 0 Å². The average Bonchev–Trinajstić information content (AvgIpc) is 2.94. The topological polar surface area (TPSA) is 66.5 Å². The number of rotatable bonds is 3. The van der Waals surface area contributed by atoms with Crippen LogP contribution in [0.1, 0.15) is 42.2 Å². The minimum absolute atomic E-state index is 0.241. The molecule has 7 heteroatoms. The molecule has 4 rings (SSSR count). The lowest BCUT2D eigenvalue weighted by Gasteiger charge is -2.16. The van der Waals surface area contributed by atoms with Crippen molar-refractivity contribution in [3.63, 3.8) is 0 Å². The Kier molecular flexibility index (Phi) is 5.67. The van der Waals surface area contributed by atoms with Crippen LogP contribution in [0, 0.1) is 21.0 Å². The van der Waals surface area contributed by atoms with Crippen molar-refractivity contribution in [2.75, 3.05) is 10.2 Å². The Balaban J connectivity index is 1.65. The van der Waals surface area contributed by atoms with Gasteiger partial charge in [-0.15, -0.1) is 0 Å². The molecule has 3 aromatic carbocycles. The molecule has 0 aliphatic carbocycles. The van der Waals surface area contributed by atoms with E-state index in [1.807, 2.05) is 44.2 Å². The van der Waals surface area contributed by atoms with Crippen LogP contribution in [0.4, 0.5) is 11.4 Å². The third-order valence-electron chi connectivity index (χ3n) is 4.99. The van der Waals surface area contributed by atoms with E-state index in [-0.39, 0.29) is 17.4 Å². The molecule has 0 fully saturated rings. The molecule has 5 nitrogen and oxygen atoms in total. The van der Waals surface area contributed by atoms with Crippen molar-refractivity contribution in [1.29, 1.82) is 0 Å². The highest BCUT2D eigenvalue weighted by atomic mass is 127. The lowest BCUT2D eigenvalue weighted by Crippen LogP contribution is -2.30. The molecule has 0 unspecified atom stereocenters. The van der Waals surface area contributed by atoms with Crippen molar-refractivity contribution in [3.8, 4) is 0 Å². The van der Waals surface area contributed by atoms with Crippen LogP contribution in [0.2, 0.25) is 0 Å². The van der Waals surface area contributed by atoms with E-state index >= 15 is 0 Å². The number of halogens is 2. The van der Waals surface area contributed by atoms with Gasteiger partial charge in [0, 0.05) is 18.4 Å². The summed E-state index contributed by atoms with van der Waals surface area (Å²) in [5.74, 6) is -1.12. The summed E-state index contributed by atoms with van der Waals surface area (Å²) in [7, 11) is 0. The zero-order valence-corrected chi connectivity index (χ0v) is 20.4. The van der Waals surface area contributed by atoms with Crippen molar-refractivity contribution in [3.05, 3.63) is 89.6 Å². The van der Waals surface area contributed by atoms with Crippen LogP contribution in [-0.2, 0) is 0 Å². The summed E-state index contributed by atoms with van der Waals surface area (Å²) < 4.78 is 2.10. The van der Waals surface area contributed by atoms with E-state index in [2.05, 4.69) is 50.5 Å². The van der Waals surface area contributed by atoms with Crippen LogP contribution < -0.4 is 10.2 Å². The normalized spacial score (nSPS) is 12.9. The highest BCUT2D eigenvalue weighted by molar-refractivity contribution is 14.1. The maximum atomic E-state index is 13.0. The van der Waals surface area contributed by atoms with Crippen LogP contribution in [0.5, 0.6) is 0 Å². The number of fused-ring (bicyclic) bond motifs is 1. The molecule has 1 heterocycles. The Bertz CT molecular complexity index is 1240. The standard InChI is InChI=1S/C23H16I2N2O3/c1-12-9-15(24)4-7-19(12)26-21(28)14-3-6-17-18(11-14)23(30)27(22(17)29)20-8-5-16(25)10-13(20)2/h3-11H,1-2H3,(H,26,28). The van der Waals surface area contributed by atoms with Gasteiger partial charge in [0.05, 0.1) is 16.8 Å². The molecule has 0 saturated heterocycles. The number of aryl methyl sites for hydroxylation is 2. The average molecular weight is 622 g/mol. The van der Waals surface area contributed by atoms with Crippen molar-refractivity contribution in [2.24, 2.45) is 0 Å². The molecule has 0 aromatic heterocycles.